The number of H-pyrrole nitrogens is 1. The van der Waals surface area contributed by atoms with Gasteiger partial charge in [0.1, 0.15) is 0 Å². The summed E-state index contributed by atoms with van der Waals surface area (Å²) in [6, 6.07) is 7.92. The van der Waals surface area contributed by atoms with Crippen LogP contribution in [0.2, 0.25) is 0 Å². The van der Waals surface area contributed by atoms with Crippen LogP contribution in [-0.2, 0) is 12.8 Å². The number of aromatic amines is 1. The van der Waals surface area contributed by atoms with Crippen molar-refractivity contribution in [3.05, 3.63) is 65.3 Å². The fourth-order valence-corrected chi connectivity index (χ4v) is 2.22. The summed E-state index contributed by atoms with van der Waals surface area (Å²) < 4.78 is 5.26. The van der Waals surface area contributed by atoms with Crippen molar-refractivity contribution < 1.29 is 4.52 Å². The number of hydrogen-bond acceptors (Lipinski definition) is 5. The molecule has 21 heavy (non-hydrogen) atoms. The van der Waals surface area contributed by atoms with Crippen LogP contribution in [0.1, 0.15) is 34.6 Å². The molecule has 108 valence electrons. The number of hydrogen-bond donors (Lipinski definition) is 2. The van der Waals surface area contributed by atoms with E-state index in [1.54, 1.807) is 12.5 Å². The van der Waals surface area contributed by atoms with Crippen molar-refractivity contribution in [2.24, 2.45) is 5.73 Å². The number of benzene rings is 1. The minimum absolute atomic E-state index is 0.329. The van der Waals surface area contributed by atoms with Gasteiger partial charge in [0.2, 0.25) is 5.89 Å². The highest BCUT2D eigenvalue weighted by Gasteiger charge is 2.16. The van der Waals surface area contributed by atoms with Gasteiger partial charge in [-0.15, -0.1) is 0 Å². The van der Waals surface area contributed by atoms with E-state index >= 15 is 0 Å². The van der Waals surface area contributed by atoms with Gasteiger partial charge >= 0.3 is 0 Å². The molecule has 3 aromatic rings. The first-order chi connectivity index (χ1) is 10.2. The van der Waals surface area contributed by atoms with E-state index in [2.05, 4.69) is 39.2 Å². The van der Waals surface area contributed by atoms with Gasteiger partial charge in [0.05, 0.1) is 12.4 Å². The summed E-state index contributed by atoms with van der Waals surface area (Å²) in [4.78, 5) is 11.3. The van der Waals surface area contributed by atoms with Crippen molar-refractivity contribution >= 4 is 0 Å². The Balaban J connectivity index is 1.68. The van der Waals surface area contributed by atoms with Crippen LogP contribution in [0.4, 0.5) is 0 Å². The Bertz CT molecular complexity index is 704. The number of nitrogens with two attached hydrogens (primary N) is 1. The van der Waals surface area contributed by atoms with Gasteiger partial charge in [0.25, 0.3) is 0 Å². The molecule has 1 atom stereocenters. The van der Waals surface area contributed by atoms with E-state index < -0.39 is 0 Å². The molecule has 0 aliphatic rings. The van der Waals surface area contributed by atoms with Crippen molar-refractivity contribution in [2.75, 3.05) is 0 Å². The minimum Gasteiger partial charge on any atom is -0.348 e. The van der Waals surface area contributed by atoms with E-state index in [-0.39, 0.29) is 6.04 Å². The monoisotopic (exact) mass is 283 g/mol. The predicted molar refractivity (Wildman–Crippen MR) is 77.5 cm³/mol. The highest BCUT2D eigenvalue weighted by Crippen LogP contribution is 2.14. The molecule has 2 heterocycles. The third-order valence-corrected chi connectivity index (χ3v) is 3.24. The number of aromatic nitrogens is 4. The molecule has 0 saturated carbocycles. The van der Waals surface area contributed by atoms with Gasteiger partial charge in [-0.25, -0.2) is 4.98 Å². The Kier molecular flexibility index (Phi) is 3.79. The minimum atomic E-state index is -0.329. The predicted octanol–water partition coefficient (Wildman–Crippen LogP) is 1.93. The highest BCUT2D eigenvalue weighted by atomic mass is 16.5. The van der Waals surface area contributed by atoms with Gasteiger partial charge in [-0.1, -0.05) is 35.0 Å². The average molecular weight is 283 g/mol. The molecule has 3 rings (SSSR count). The van der Waals surface area contributed by atoms with E-state index in [4.69, 9.17) is 10.3 Å². The molecule has 0 spiro atoms. The Morgan fingerprint density at radius 3 is 3.05 bits per heavy atom. The molecule has 0 fully saturated rings. The molecule has 2 aromatic heterocycles. The lowest BCUT2D eigenvalue weighted by atomic mass is 10.1. The topological polar surface area (TPSA) is 93.6 Å². The number of aryl methyl sites for hydroxylation is 1. The molecule has 0 amide bonds. The van der Waals surface area contributed by atoms with E-state index in [0.717, 1.165) is 11.3 Å². The van der Waals surface area contributed by atoms with Crippen LogP contribution in [0.5, 0.6) is 0 Å². The maximum absolute atomic E-state index is 6.07. The molecule has 0 saturated heterocycles. The molecule has 1 aromatic carbocycles. The molecule has 6 heteroatoms. The second-order valence-electron chi connectivity index (χ2n) is 5.10. The summed E-state index contributed by atoms with van der Waals surface area (Å²) in [7, 11) is 0. The van der Waals surface area contributed by atoms with Crippen LogP contribution in [0.15, 0.2) is 41.3 Å². The number of rotatable bonds is 5. The zero-order valence-corrected chi connectivity index (χ0v) is 11.8. The molecule has 0 bridgehead atoms. The molecular formula is C15H17N5O. The van der Waals surface area contributed by atoms with E-state index in [9.17, 15) is 0 Å². The Morgan fingerprint density at radius 2 is 2.29 bits per heavy atom. The Hall–Kier alpha value is -2.47. The summed E-state index contributed by atoms with van der Waals surface area (Å²) in [6.07, 6.45) is 4.59. The van der Waals surface area contributed by atoms with E-state index in [0.29, 0.717) is 24.6 Å². The molecule has 0 radical (unpaired) electrons. The lowest BCUT2D eigenvalue weighted by molar-refractivity contribution is 0.350. The maximum atomic E-state index is 6.07. The summed E-state index contributed by atoms with van der Waals surface area (Å²) in [5.74, 6) is 1.10. The van der Waals surface area contributed by atoms with Gasteiger partial charge in [-0.3, -0.25) is 0 Å². The fourth-order valence-electron chi connectivity index (χ4n) is 2.22. The Labute approximate surface area is 122 Å². The van der Waals surface area contributed by atoms with Gasteiger partial charge < -0.3 is 15.2 Å². The van der Waals surface area contributed by atoms with Crippen LogP contribution < -0.4 is 5.73 Å². The van der Waals surface area contributed by atoms with Crippen LogP contribution in [0.3, 0.4) is 0 Å². The number of nitrogens with one attached hydrogen (secondary N) is 1. The van der Waals surface area contributed by atoms with Crippen molar-refractivity contribution in [1.29, 1.82) is 0 Å². The quantitative estimate of drug-likeness (QED) is 0.746. The third-order valence-electron chi connectivity index (χ3n) is 3.24. The van der Waals surface area contributed by atoms with Gasteiger partial charge in [0.15, 0.2) is 5.82 Å². The molecule has 0 aliphatic carbocycles. The van der Waals surface area contributed by atoms with Gasteiger partial charge in [0, 0.05) is 24.7 Å². The highest BCUT2D eigenvalue weighted by molar-refractivity contribution is 5.24. The third kappa shape index (κ3) is 3.35. The normalized spacial score (nSPS) is 12.5. The summed E-state index contributed by atoms with van der Waals surface area (Å²) in [5, 5.41) is 4.00. The summed E-state index contributed by atoms with van der Waals surface area (Å²) in [5.41, 5.74) is 9.39. The zero-order chi connectivity index (χ0) is 14.7. The average Bonchev–Trinajstić information content (AvgIpc) is 3.10. The van der Waals surface area contributed by atoms with Crippen LogP contribution in [0, 0.1) is 6.92 Å². The lowest BCUT2D eigenvalue weighted by Crippen LogP contribution is -2.14. The molecular weight excluding hydrogens is 266 g/mol. The summed E-state index contributed by atoms with van der Waals surface area (Å²) >= 11 is 0. The van der Waals surface area contributed by atoms with Crippen LogP contribution in [0.25, 0.3) is 0 Å². The maximum Gasteiger partial charge on any atom is 0.243 e. The van der Waals surface area contributed by atoms with Gasteiger partial charge in [-0.05, 0) is 12.5 Å². The number of nitrogens with zero attached hydrogens (tertiary/aromatic N) is 3. The lowest BCUT2D eigenvalue weighted by Gasteiger charge is -2.03. The second kappa shape index (κ2) is 5.88. The van der Waals surface area contributed by atoms with Crippen LogP contribution >= 0.6 is 0 Å². The van der Waals surface area contributed by atoms with Crippen molar-refractivity contribution in [3.63, 3.8) is 0 Å². The first-order valence-electron chi connectivity index (χ1n) is 6.81. The van der Waals surface area contributed by atoms with Crippen molar-refractivity contribution in [3.8, 4) is 0 Å². The van der Waals surface area contributed by atoms with E-state index in [1.807, 2.05) is 12.1 Å². The fraction of sp³-hybridized carbons (Fsp3) is 0.267. The van der Waals surface area contributed by atoms with Crippen LogP contribution in [-0.4, -0.2) is 20.1 Å². The van der Waals surface area contributed by atoms with E-state index in [1.165, 1.54) is 5.56 Å². The largest absolute Gasteiger partial charge is 0.348 e. The first-order valence-corrected chi connectivity index (χ1v) is 6.81. The standard InChI is InChI=1S/C15H17N5O/c1-10-3-2-4-11(5-10)6-14-19-15(21-20-14)13(16)7-12-8-17-9-18-12/h2-5,8-9,13H,6-7,16H2,1H3,(H,17,18)/t13-/m0/s1. The second-order valence-corrected chi connectivity index (χ2v) is 5.10. The Morgan fingerprint density at radius 1 is 1.38 bits per heavy atom. The number of imidazole rings is 1. The van der Waals surface area contributed by atoms with Gasteiger partial charge in [-0.2, -0.15) is 4.98 Å². The van der Waals surface area contributed by atoms with Crippen molar-refractivity contribution in [1.82, 2.24) is 20.1 Å². The summed E-state index contributed by atoms with van der Waals surface area (Å²) in [6.45, 7) is 2.06. The molecule has 3 N–H and O–H groups in total. The molecule has 0 unspecified atom stereocenters. The van der Waals surface area contributed by atoms with Crippen molar-refractivity contribution in [2.45, 2.75) is 25.8 Å². The smallest absolute Gasteiger partial charge is 0.243 e. The molecule has 6 nitrogen and oxygen atoms in total. The molecule has 0 aliphatic heterocycles. The first kappa shape index (κ1) is 13.5. The zero-order valence-electron chi connectivity index (χ0n) is 11.8. The SMILES string of the molecule is Cc1cccc(Cc2noc([C@@H](N)Cc3cnc[nH]3)n2)c1.